The number of carbonyl (C=O) groups is 1. The molecule has 1 aliphatic rings. The van der Waals surface area contributed by atoms with Gasteiger partial charge in [0, 0.05) is 31.4 Å². The van der Waals surface area contributed by atoms with Crippen LogP contribution in [0.4, 0.5) is 0 Å². The Morgan fingerprint density at radius 2 is 2.16 bits per heavy atom. The number of aromatic nitrogens is 1. The van der Waals surface area contributed by atoms with Gasteiger partial charge in [-0.3, -0.25) is 4.79 Å². The number of ether oxygens (including phenoxy) is 2. The number of hydrogen-bond donors (Lipinski definition) is 0. The maximum atomic E-state index is 11.5. The predicted molar refractivity (Wildman–Crippen MR) is 69.8 cm³/mol. The molecule has 0 amide bonds. The highest BCUT2D eigenvalue weighted by molar-refractivity contribution is 5.69. The molecular weight excluding hydrogens is 242 g/mol. The Labute approximate surface area is 113 Å². The van der Waals surface area contributed by atoms with Gasteiger partial charge >= 0.3 is 5.97 Å². The fourth-order valence-corrected chi connectivity index (χ4v) is 1.95. The molecule has 0 bridgehead atoms. The van der Waals surface area contributed by atoms with Crippen molar-refractivity contribution >= 4 is 5.97 Å². The number of allylic oxidation sites excluding steroid dienone is 1. The molecule has 19 heavy (non-hydrogen) atoms. The van der Waals surface area contributed by atoms with E-state index in [-0.39, 0.29) is 5.97 Å². The number of rotatable bonds is 6. The molecule has 0 atom stereocenters. The SMILES string of the molecule is O=C(CCCC[n+]1ccccc1)OC=C1CCCO1. The molecule has 1 aromatic heterocycles. The fraction of sp³-hybridized carbons (Fsp3) is 0.467. The van der Waals surface area contributed by atoms with E-state index in [1.807, 2.05) is 30.6 Å². The second-order valence-electron chi connectivity index (χ2n) is 4.60. The summed E-state index contributed by atoms with van der Waals surface area (Å²) in [4.78, 5) is 11.5. The number of esters is 1. The van der Waals surface area contributed by atoms with E-state index in [4.69, 9.17) is 9.47 Å². The van der Waals surface area contributed by atoms with Crippen LogP contribution in [0.5, 0.6) is 0 Å². The van der Waals surface area contributed by atoms with E-state index in [2.05, 4.69) is 4.57 Å². The van der Waals surface area contributed by atoms with Crippen molar-refractivity contribution in [1.29, 1.82) is 0 Å². The van der Waals surface area contributed by atoms with Crippen LogP contribution in [0.25, 0.3) is 0 Å². The number of nitrogens with zero attached hydrogens (tertiary/aromatic N) is 1. The van der Waals surface area contributed by atoms with Gasteiger partial charge in [-0.2, -0.15) is 0 Å². The van der Waals surface area contributed by atoms with Crippen LogP contribution in [0.1, 0.15) is 32.1 Å². The molecule has 102 valence electrons. The second-order valence-corrected chi connectivity index (χ2v) is 4.60. The van der Waals surface area contributed by atoms with Gasteiger partial charge < -0.3 is 9.47 Å². The standard InChI is InChI=1S/C15H20NO3/c17-15(19-13-14-7-6-12-18-14)8-2-5-11-16-9-3-1-4-10-16/h1,3-4,9-10,13H,2,5-8,11-12H2/q+1. The number of aryl methyl sites for hydroxylation is 1. The summed E-state index contributed by atoms with van der Waals surface area (Å²) >= 11 is 0. The molecule has 0 aliphatic carbocycles. The van der Waals surface area contributed by atoms with E-state index in [1.54, 1.807) is 0 Å². The molecule has 0 unspecified atom stereocenters. The molecular formula is C15H20NO3+. The van der Waals surface area contributed by atoms with Gasteiger partial charge in [0.05, 0.1) is 6.61 Å². The normalized spacial score (nSPS) is 16.3. The summed E-state index contributed by atoms with van der Waals surface area (Å²) in [5.41, 5.74) is 0. The Bertz CT molecular complexity index is 420. The summed E-state index contributed by atoms with van der Waals surface area (Å²) in [6.07, 6.45) is 9.66. The minimum atomic E-state index is -0.180. The van der Waals surface area contributed by atoms with Crippen LogP contribution < -0.4 is 4.57 Å². The smallest absolute Gasteiger partial charge is 0.310 e. The summed E-state index contributed by atoms with van der Waals surface area (Å²) in [7, 11) is 0. The van der Waals surface area contributed by atoms with Crippen molar-refractivity contribution in [2.24, 2.45) is 0 Å². The molecule has 0 spiro atoms. The van der Waals surface area contributed by atoms with Crippen molar-refractivity contribution in [2.75, 3.05) is 6.61 Å². The third kappa shape index (κ3) is 5.12. The molecule has 2 rings (SSSR count). The molecule has 0 N–H and O–H groups in total. The highest BCUT2D eigenvalue weighted by atomic mass is 16.5. The second kappa shape index (κ2) is 7.56. The van der Waals surface area contributed by atoms with E-state index in [0.717, 1.165) is 44.6 Å². The maximum absolute atomic E-state index is 11.5. The average molecular weight is 262 g/mol. The molecule has 1 fully saturated rings. The number of carbonyl (C=O) groups excluding carboxylic acids is 1. The van der Waals surface area contributed by atoms with Crippen LogP contribution in [0.3, 0.4) is 0 Å². The van der Waals surface area contributed by atoms with Gasteiger partial charge in [0.25, 0.3) is 0 Å². The van der Waals surface area contributed by atoms with E-state index in [9.17, 15) is 4.79 Å². The van der Waals surface area contributed by atoms with Crippen molar-refractivity contribution in [3.63, 3.8) is 0 Å². The molecule has 1 aromatic rings. The van der Waals surface area contributed by atoms with Crippen LogP contribution in [0.15, 0.2) is 42.6 Å². The molecule has 1 saturated heterocycles. The summed E-state index contributed by atoms with van der Waals surface area (Å²) in [6.45, 7) is 1.66. The van der Waals surface area contributed by atoms with Gasteiger partial charge in [0.15, 0.2) is 12.4 Å². The lowest BCUT2D eigenvalue weighted by Crippen LogP contribution is -2.32. The van der Waals surface area contributed by atoms with E-state index >= 15 is 0 Å². The quantitative estimate of drug-likeness (QED) is 0.342. The van der Waals surface area contributed by atoms with E-state index in [0.29, 0.717) is 6.42 Å². The lowest BCUT2D eigenvalue weighted by Gasteiger charge is -2.01. The first-order valence-electron chi connectivity index (χ1n) is 6.80. The van der Waals surface area contributed by atoms with Crippen molar-refractivity contribution in [3.05, 3.63) is 42.6 Å². The van der Waals surface area contributed by atoms with E-state index in [1.165, 1.54) is 6.26 Å². The molecule has 4 heteroatoms. The number of unbranched alkanes of at least 4 members (excludes halogenated alkanes) is 1. The Kier molecular flexibility index (Phi) is 5.41. The van der Waals surface area contributed by atoms with E-state index < -0.39 is 0 Å². The largest absolute Gasteiger partial charge is 0.495 e. The van der Waals surface area contributed by atoms with Crippen molar-refractivity contribution in [3.8, 4) is 0 Å². The zero-order valence-electron chi connectivity index (χ0n) is 11.1. The third-order valence-corrected chi connectivity index (χ3v) is 3.00. The van der Waals surface area contributed by atoms with Crippen molar-refractivity contribution in [2.45, 2.75) is 38.6 Å². The summed E-state index contributed by atoms with van der Waals surface area (Å²) in [5, 5.41) is 0. The first-order valence-corrected chi connectivity index (χ1v) is 6.80. The highest BCUT2D eigenvalue weighted by Crippen LogP contribution is 2.15. The molecule has 0 aromatic carbocycles. The van der Waals surface area contributed by atoms with Crippen LogP contribution >= 0.6 is 0 Å². The molecule has 0 radical (unpaired) electrons. The average Bonchev–Trinajstić information content (AvgIpc) is 2.96. The van der Waals surface area contributed by atoms with Crippen LogP contribution in [-0.4, -0.2) is 12.6 Å². The Hall–Kier alpha value is -1.84. The molecule has 1 aliphatic heterocycles. The highest BCUT2D eigenvalue weighted by Gasteiger charge is 2.09. The van der Waals surface area contributed by atoms with Gasteiger partial charge in [0.2, 0.25) is 0 Å². The monoisotopic (exact) mass is 262 g/mol. The molecule has 2 heterocycles. The lowest BCUT2D eigenvalue weighted by atomic mass is 10.2. The lowest BCUT2D eigenvalue weighted by molar-refractivity contribution is -0.697. The van der Waals surface area contributed by atoms with Gasteiger partial charge in [-0.15, -0.1) is 0 Å². The van der Waals surface area contributed by atoms with Gasteiger partial charge in [-0.05, 0) is 12.8 Å². The van der Waals surface area contributed by atoms with Crippen molar-refractivity contribution in [1.82, 2.24) is 0 Å². The number of pyridine rings is 1. The van der Waals surface area contributed by atoms with Crippen LogP contribution in [-0.2, 0) is 20.8 Å². The maximum Gasteiger partial charge on any atom is 0.310 e. The third-order valence-electron chi connectivity index (χ3n) is 3.00. The van der Waals surface area contributed by atoms with Gasteiger partial charge in [-0.25, -0.2) is 4.57 Å². The van der Waals surface area contributed by atoms with Crippen LogP contribution in [0, 0.1) is 0 Å². The topological polar surface area (TPSA) is 39.4 Å². The summed E-state index contributed by atoms with van der Waals surface area (Å²) in [6, 6.07) is 6.00. The Balaban J connectivity index is 1.58. The fourth-order valence-electron chi connectivity index (χ4n) is 1.95. The summed E-state index contributed by atoms with van der Waals surface area (Å²) in [5.74, 6) is 0.606. The number of hydrogen-bond acceptors (Lipinski definition) is 3. The Morgan fingerprint density at radius 1 is 1.32 bits per heavy atom. The Morgan fingerprint density at radius 3 is 2.89 bits per heavy atom. The molecule has 4 nitrogen and oxygen atoms in total. The van der Waals surface area contributed by atoms with Crippen molar-refractivity contribution < 1.29 is 18.8 Å². The summed E-state index contributed by atoms with van der Waals surface area (Å²) < 4.78 is 12.4. The minimum Gasteiger partial charge on any atom is -0.495 e. The van der Waals surface area contributed by atoms with Gasteiger partial charge in [0.1, 0.15) is 18.6 Å². The zero-order chi connectivity index (χ0) is 13.3. The molecule has 0 saturated carbocycles. The first kappa shape index (κ1) is 13.6. The minimum absolute atomic E-state index is 0.180. The first-order chi connectivity index (χ1) is 9.34. The van der Waals surface area contributed by atoms with Gasteiger partial charge in [-0.1, -0.05) is 6.07 Å². The zero-order valence-corrected chi connectivity index (χ0v) is 11.1. The predicted octanol–water partition coefficient (Wildman–Crippen LogP) is 2.34. The van der Waals surface area contributed by atoms with Crippen LogP contribution in [0.2, 0.25) is 0 Å².